The number of rotatable bonds is 5. The van der Waals surface area contributed by atoms with Gasteiger partial charge in [-0.3, -0.25) is 4.79 Å². The molecule has 138 valence electrons. The summed E-state index contributed by atoms with van der Waals surface area (Å²) in [4.78, 5) is 14.2. The number of nitrogens with one attached hydrogen (secondary N) is 1. The van der Waals surface area contributed by atoms with Crippen molar-refractivity contribution >= 4 is 29.1 Å². The molecule has 1 heterocycles. The zero-order chi connectivity index (χ0) is 18.5. The normalized spacial score (nSPS) is 20.2. The summed E-state index contributed by atoms with van der Waals surface area (Å²) in [6.07, 6.45) is 2.84. The van der Waals surface area contributed by atoms with Crippen LogP contribution in [0.2, 0.25) is 10.0 Å². The molecule has 0 radical (unpaired) electrons. The summed E-state index contributed by atoms with van der Waals surface area (Å²) in [5.74, 6) is 0.126. The van der Waals surface area contributed by atoms with E-state index in [-0.39, 0.29) is 18.0 Å². The van der Waals surface area contributed by atoms with Crippen molar-refractivity contribution in [3.8, 4) is 0 Å². The van der Waals surface area contributed by atoms with Gasteiger partial charge >= 0.3 is 0 Å². The van der Waals surface area contributed by atoms with E-state index in [0.29, 0.717) is 6.54 Å². The van der Waals surface area contributed by atoms with Crippen LogP contribution in [0.3, 0.4) is 0 Å². The van der Waals surface area contributed by atoms with Crippen molar-refractivity contribution in [1.29, 1.82) is 0 Å². The van der Waals surface area contributed by atoms with Crippen LogP contribution in [0.15, 0.2) is 48.5 Å². The van der Waals surface area contributed by atoms with E-state index < -0.39 is 0 Å². The molecule has 26 heavy (non-hydrogen) atoms. The molecule has 1 amide bonds. The third-order valence-corrected chi connectivity index (χ3v) is 5.63. The number of nitrogens with zero attached hydrogens (tertiary/aromatic N) is 1. The van der Waals surface area contributed by atoms with Gasteiger partial charge in [-0.05, 0) is 48.6 Å². The van der Waals surface area contributed by atoms with Crippen molar-refractivity contribution in [2.75, 3.05) is 6.54 Å². The molecule has 2 aromatic rings. The van der Waals surface area contributed by atoms with Gasteiger partial charge in [0.1, 0.15) is 0 Å². The largest absolute Gasteiger partial charge is 0.338 e. The third kappa shape index (κ3) is 4.79. The number of carbonyl (C=O) groups is 1. The minimum atomic E-state index is 0.113. The molecule has 0 saturated carbocycles. The highest BCUT2D eigenvalue weighted by molar-refractivity contribution is 6.31. The standard InChI is InChI=1S/C21H24Cl2N2O/c1-15(26)25-11-5-10-20(24-14-17-7-2-3-9-19(17)23)21(25)13-16-6-4-8-18(22)12-16/h2-4,6-9,12,20-21,24H,5,10-11,13-14H2,1H3/t20-,21-/m0/s1. The topological polar surface area (TPSA) is 32.3 Å². The van der Waals surface area contributed by atoms with Gasteiger partial charge in [-0.1, -0.05) is 53.5 Å². The van der Waals surface area contributed by atoms with Crippen molar-refractivity contribution in [2.24, 2.45) is 0 Å². The Morgan fingerprint density at radius 3 is 2.73 bits per heavy atom. The predicted molar refractivity (Wildman–Crippen MR) is 108 cm³/mol. The lowest BCUT2D eigenvalue weighted by Crippen LogP contribution is -2.56. The van der Waals surface area contributed by atoms with E-state index >= 15 is 0 Å². The van der Waals surface area contributed by atoms with Gasteiger partial charge in [0.05, 0.1) is 6.04 Å². The molecule has 2 atom stereocenters. The third-order valence-electron chi connectivity index (χ3n) is 5.03. The molecule has 0 unspecified atom stereocenters. The summed E-state index contributed by atoms with van der Waals surface area (Å²) < 4.78 is 0. The highest BCUT2D eigenvalue weighted by Crippen LogP contribution is 2.24. The summed E-state index contributed by atoms with van der Waals surface area (Å²) in [6, 6.07) is 16.1. The number of benzene rings is 2. The lowest BCUT2D eigenvalue weighted by Gasteiger charge is -2.41. The van der Waals surface area contributed by atoms with Gasteiger partial charge in [-0.2, -0.15) is 0 Å². The fourth-order valence-corrected chi connectivity index (χ4v) is 4.14. The molecule has 0 spiro atoms. The smallest absolute Gasteiger partial charge is 0.219 e. The Morgan fingerprint density at radius 2 is 2.00 bits per heavy atom. The highest BCUT2D eigenvalue weighted by atomic mass is 35.5. The lowest BCUT2D eigenvalue weighted by molar-refractivity contribution is -0.133. The Hall–Kier alpha value is -1.55. The van der Waals surface area contributed by atoms with Crippen LogP contribution < -0.4 is 5.32 Å². The van der Waals surface area contributed by atoms with Crippen LogP contribution in [0.5, 0.6) is 0 Å². The van der Waals surface area contributed by atoms with E-state index in [4.69, 9.17) is 23.2 Å². The Bertz CT molecular complexity index is 765. The first-order valence-electron chi connectivity index (χ1n) is 9.03. The maximum absolute atomic E-state index is 12.2. The number of halogens is 2. The average Bonchev–Trinajstić information content (AvgIpc) is 2.62. The van der Waals surface area contributed by atoms with Crippen LogP contribution in [-0.4, -0.2) is 29.4 Å². The number of likely N-dealkylation sites (tertiary alicyclic amines) is 1. The van der Waals surface area contributed by atoms with Crippen LogP contribution in [0, 0.1) is 0 Å². The molecule has 1 aliphatic rings. The van der Waals surface area contributed by atoms with E-state index in [2.05, 4.69) is 11.4 Å². The highest BCUT2D eigenvalue weighted by Gasteiger charge is 2.32. The number of carbonyl (C=O) groups excluding carboxylic acids is 1. The molecule has 2 aromatic carbocycles. The maximum atomic E-state index is 12.2. The van der Waals surface area contributed by atoms with Crippen LogP contribution in [-0.2, 0) is 17.8 Å². The molecule has 5 heteroatoms. The van der Waals surface area contributed by atoms with E-state index in [9.17, 15) is 4.79 Å². The molecular formula is C21H24Cl2N2O. The zero-order valence-corrected chi connectivity index (χ0v) is 16.4. The summed E-state index contributed by atoms with van der Waals surface area (Å²) in [7, 11) is 0. The van der Waals surface area contributed by atoms with Crippen LogP contribution in [0.25, 0.3) is 0 Å². The van der Waals surface area contributed by atoms with E-state index in [1.54, 1.807) is 6.92 Å². The van der Waals surface area contributed by atoms with Crippen molar-refractivity contribution in [2.45, 2.75) is 44.8 Å². The number of piperidine rings is 1. The maximum Gasteiger partial charge on any atom is 0.219 e. The van der Waals surface area contributed by atoms with Crippen LogP contribution >= 0.6 is 23.2 Å². The first-order valence-corrected chi connectivity index (χ1v) is 9.78. The molecule has 3 nitrogen and oxygen atoms in total. The van der Waals surface area contributed by atoms with Crippen molar-refractivity contribution in [3.63, 3.8) is 0 Å². The van der Waals surface area contributed by atoms with Crippen molar-refractivity contribution in [3.05, 3.63) is 69.7 Å². The second-order valence-corrected chi connectivity index (χ2v) is 7.68. The minimum Gasteiger partial charge on any atom is -0.338 e. The van der Waals surface area contributed by atoms with E-state index in [0.717, 1.165) is 47.0 Å². The molecule has 0 bridgehead atoms. The molecular weight excluding hydrogens is 367 g/mol. The number of hydrogen-bond donors (Lipinski definition) is 1. The fraction of sp³-hybridized carbons (Fsp3) is 0.381. The van der Waals surface area contributed by atoms with Gasteiger partial charge in [-0.15, -0.1) is 0 Å². The SMILES string of the molecule is CC(=O)N1CCC[C@H](NCc2ccccc2Cl)[C@@H]1Cc1cccc(Cl)c1. The van der Waals surface area contributed by atoms with Gasteiger partial charge in [0.2, 0.25) is 5.91 Å². The van der Waals surface area contributed by atoms with Crippen LogP contribution in [0.4, 0.5) is 0 Å². The second kappa shape index (κ2) is 8.90. The van der Waals surface area contributed by atoms with Gasteiger partial charge in [0.25, 0.3) is 0 Å². The zero-order valence-electron chi connectivity index (χ0n) is 14.9. The van der Waals surface area contributed by atoms with Crippen molar-refractivity contribution in [1.82, 2.24) is 10.2 Å². The Kier molecular flexibility index (Phi) is 6.58. The van der Waals surface area contributed by atoms with Crippen molar-refractivity contribution < 1.29 is 4.79 Å². The monoisotopic (exact) mass is 390 g/mol. The molecule has 1 saturated heterocycles. The number of amides is 1. The van der Waals surface area contributed by atoms with Gasteiger partial charge in [-0.25, -0.2) is 0 Å². The lowest BCUT2D eigenvalue weighted by atomic mass is 9.90. The molecule has 0 aromatic heterocycles. The summed E-state index contributed by atoms with van der Waals surface area (Å²) >= 11 is 12.4. The average molecular weight is 391 g/mol. The summed E-state index contributed by atoms with van der Waals surface area (Å²) in [6.45, 7) is 3.16. The van der Waals surface area contributed by atoms with E-state index in [1.165, 1.54) is 0 Å². The summed E-state index contributed by atoms with van der Waals surface area (Å²) in [5.41, 5.74) is 2.23. The Morgan fingerprint density at radius 1 is 1.19 bits per heavy atom. The molecule has 0 aliphatic carbocycles. The van der Waals surface area contributed by atoms with E-state index in [1.807, 2.05) is 47.4 Å². The van der Waals surface area contributed by atoms with Gasteiger partial charge < -0.3 is 10.2 Å². The van der Waals surface area contributed by atoms with Crippen LogP contribution in [0.1, 0.15) is 30.9 Å². The quantitative estimate of drug-likeness (QED) is 0.801. The predicted octanol–water partition coefficient (Wildman–Crippen LogP) is 4.71. The molecule has 1 N–H and O–H groups in total. The first-order chi connectivity index (χ1) is 12.5. The summed E-state index contributed by atoms with van der Waals surface area (Å²) in [5, 5.41) is 5.14. The van der Waals surface area contributed by atoms with Gasteiger partial charge in [0.15, 0.2) is 0 Å². The molecule has 3 rings (SSSR count). The van der Waals surface area contributed by atoms with Gasteiger partial charge in [0, 0.05) is 36.1 Å². The Balaban J connectivity index is 1.76. The minimum absolute atomic E-state index is 0.113. The molecule has 1 fully saturated rings. The fourth-order valence-electron chi connectivity index (χ4n) is 3.73. The first kappa shape index (κ1) is 19.2. The number of hydrogen-bond acceptors (Lipinski definition) is 2. The Labute approximate surface area is 165 Å². The molecule has 1 aliphatic heterocycles. The second-order valence-electron chi connectivity index (χ2n) is 6.83.